The van der Waals surface area contributed by atoms with Crippen molar-refractivity contribution in [1.82, 2.24) is 4.90 Å². The number of rotatable bonds is 6. The predicted octanol–water partition coefficient (Wildman–Crippen LogP) is 4.13. The molecule has 0 heterocycles. The molecule has 0 radical (unpaired) electrons. The van der Waals surface area contributed by atoms with Gasteiger partial charge in [0.1, 0.15) is 4.93 Å². The van der Waals surface area contributed by atoms with Gasteiger partial charge in [0.15, 0.2) is 0 Å². The Labute approximate surface area is 130 Å². The zero-order chi connectivity index (χ0) is 14.6. The highest BCUT2D eigenvalue weighted by atomic mass is 35.5. The highest BCUT2D eigenvalue weighted by Gasteiger charge is 2.29. The second kappa shape index (κ2) is 7.19. The average Bonchev–Trinajstić information content (AvgIpc) is 2.26. The standard InChI is InChI=1S/C14H21Cl2NOS/c1-10(8-17(3)4)14(2,18)19-9-11-5-6-12(15)7-13(11)16/h5-7,10,18H,8-9H2,1-4H3. The van der Waals surface area contributed by atoms with Crippen LogP contribution in [0.4, 0.5) is 0 Å². The maximum atomic E-state index is 10.5. The van der Waals surface area contributed by atoms with Gasteiger partial charge in [0.2, 0.25) is 0 Å². The van der Waals surface area contributed by atoms with Crippen molar-refractivity contribution < 1.29 is 5.11 Å². The Hall–Kier alpha value is 0.0700. The number of nitrogens with zero attached hydrogens (tertiary/aromatic N) is 1. The Morgan fingerprint density at radius 2 is 2.00 bits per heavy atom. The van der Waals surface area contributed by atoms with E-state index in [2.05, 4.69) is 11.8 Å². The quantitative estimate of drug-likeness (QED) is 0.797. The Balaban J connectivity index is 2.64. The summed E-state index contributed by atoms with van der Waals surface area (Å²) < 4.78 is 0. The van der Waals surface area contributed by atoms with Gasteiger partial charge in [0.05, 0.1) is 0 Å². The van der Waals surface area contributed by atoms with E-state index in [1.54, 1.807) is 6.07 Å². The lowest BCUT2D eigenvalue weighted by molar-refractivity contribution is 0.0831. The molecule has 5 heteroatoms. The summed E-state index contributed by atoms with van der Waals surface area (Å²) in [5.74, 6) is 0.833. The van der Waals surface area contributed by atoms with Gasteiger partial charge < -0.3 is 10.0 Å². The third-order valence-electron chi connectivity index (χ3n) is 3.09. The first-order chi connectivity index (χ1) is 8.72. The zero-order valence-corrected chi connectivity index (χ0v) is 14.1. The van der Waals surface area contributed by atoms with E-state index in [0.717, 1.165) is 12.1 Å². The molecule has 0 aliphatic carbocycles. The van der Waals surface area contributed by atoms with Gasteiger partial charge in [0, 0.05) is 28.3 Å². The van der Waals surface area contributed by atoms with Gasteiger partial charge in [-0.1, -0.05) is 36.2 Å². The van der Waals surface area contributed by atoms with E-state index in [1.807, 2.05) is 33.2 Å². The summed E-state index contributed by atoms with van der Waals surface area (Å²) in [7, 11) is 4.01. The van der Waals surface area contributed by atoms with Gasteiger partial charge >= 0.3 is 0 Å². The van der Waals surface area contributed by atoms with Crippen LogP contribution in [-0.4, -0.2) is 35.6 Å². The first-order valence-corrected chi connectivity index (χ1v) is 7.91. The normalized spacial score (nSPS) is 16.4. The highest BCUT2D eigenvalue weighted by Crippen LogP contribution is 2.35. The minimum Gasteiger partial charge on any atom is -0.379 e. The molecule has 0 aliphatic heterocycles. The number of halogens is 2. The predicted molar refractivity (Wildman–Crippen MR) is 86.1 cm³/mol. The van der Waals surface area contributed by atoms with E-state index >= 15 is 0 Å². The van der Waals surface area contributed by atoms with Gasteiger partial charge in [-0.25, -0.2) is 0 Å². The van der Waals surface area contributed by atoms with E-state index in [0.29, 0.717) is 15.8 Å². The molecule has 2 nitrogen and oxygen atoms in total. The number of hydrogen-bond donors (Lipinski definition) is 1. The van der Waals surface area contributed by atoms with Gasteiger partial charge in [-0.3, -0.25) is 0 Å². The van der Waals surface area contributed by atoms with Crippen molar-refractivity contribution in [2.24, 2.45) is 5.92 Å². The van der Waals surface area contributed by atoms with Crippen LogP contribution in [0, 0.1) is 5.92 Å². The number of hydrogen-bond acceptors (Lipinski definition) is 3. The summed E-state index contributed by atoms with van der Waals surface area (Å²) in [6.45, 7) is 4.75. The minimum atomic E-state index is -0.784. The fraction of sp³-hybridized carbons (Fsp3) is 0.571. The van der Waals surface area contributed by atoms with Crippen molar-refractivity contribution >= 4 is 35.0 Å². The minimum absolute atomic E-state index is 0.165. The van der Waals surface area contributed by atoms with Crippen LogP contribution >= 0.6 is 35.0 Å². The van der Waals surface area contributed by atoms with E-state index in [9.17, 15) is 5.11 Å². The molecule has 0 bridgehead atoms. The van der Waals surface area contributed by atoms with Crippen LogP contribution in [-0.2, 0) is 5.75 Å². The molecular formula is C14H21Cl2NOS. The van der Waals surface area contributed by atoms with Gasteiger partial charge in [-0.05, 0) is 38.7 Å². The SMILES string of the molecule is CC(CN(C)C)C(C)(O)SCc1ccc(Cl)cc1Cl. The second-order valence-corrected chi connectivity index (χ2v) is 7.49. The Morgan fingerprint density at radius 1 is 1.37 bits per heavy atom. The molecule has 0 saturated heterocycles. The van der Waals surface area contributed by atoms with Gasteiger partial charge in [0.25, 0.3) is 0 Å². The van der Waals surface area contributed by atoms with Crippen molar-refractivity contribution in [2.45, 2.75) is 24.5 Å². The van der Waals surface area contributed by atoms with Crippen molar-refractivity contribution in [1.29, 1.82) is 0 Å². The molecule has 108 valence electrons. The summed E-state index contributed by atoms with van der Waals surface area (Å²) >= 11 is 13.5. The Kier molecular flexibility index (Phi) is 6.48. The Bertz CT molecular complexity index is 424. The van der Waals surface area contributed by atoms with E-state index in [4.69, 9.17) is 23.2 Å². The molecule has 0 spiro atoms. The molecule has 2 unspecified atom stereocenters. The lowest BCUT2D eigenvalue weighted by Gasteiger charge is -2.31. The average molecular weight is 322 g/mol. The molecule has 1 aromatic carbocycles. The summed E-state index contributed by atoms with van der Waals surface area (Å²) in [4.78, 5) is 1.29. The molecule has 1 rings (SSSR count). The molecular weight excluding hydrogens is 301 g/mol. The molecule has 0 saturated carbocycles. The first kappa shape index (κ1) is 17.1. The third-order valence-corrected chi connectivity index (χ3v) is 5.12. The summed E-state index contributed by atoms with van der Waals surface area (Å²) in [6.07, 6.45) is 0. The van der Waals surface area contributed by atoms with Crippen LogP contribution in [0.3, 0.4) is 0 Å². The summed E-state index contributed by atoms with van der Waals surface area (Å²) in [5, 5.41) is 11.8. The summed E-state index contributed by atoms with van der Waals surface area (Å²) in [5.41, 5.74) is 0.994. The zero-order valence-electron chi connectivity index (χ0n) is 11.8. The monoisotopic (exact) mass is 321 g/mol. The molecule has 1 N–H and O–H groups in total. The molecule has 0 fully saturated rings. The van der Waals surface area contributed by atoms with E-state index in [-0.39, 0.29) is 5.92 Å². The van der Waals surface area contributed by atoms with Crippen molar-refractivity contribution in [3.8, 4) is 0 Å². The smallest absolute Gasteiger partial charge is 0.111 e. The largest absolute Gasteiger partial charge is 0.379 e. The molecule has 1 aromatic rings. The molecule has 2 atom stereocenters. The van der Waals surface area contributed by atoms with Crippen LogP contribution in [0.15, 0.2) is 18.2 Å². The third kappa shape index (κ3) is 5.52. The maximum absolute atomic E-state index is 10.5. The van der Waals surface area contributed by atoms with Crippen molar-refractivity contribution in [3.63, 3.8) is 0 Å². The maximum Gasteiger partial charge on any atom is 0.111 e. The molecule has 19 heavy (non-hydrogen) atoms. The van der Waals surface area contributed by atoms with E-state index < -0.39 is 4.93 Å². The lowest BCUT2D eigenvalue weighted by Crippen LogP contribution is -2.36. The molecule has 0 amide bonds. The first-order valence-electron chi connectivity index (χ1n) is 6.17. The summed E-state index contributed by atoms with van der Waals surface area (Å²) in [6, 6.07) is 5.46. The second-order valence-electron chi connectivity index (χ2n) is 5.24. The molecule has 0 aliphatic rings. The fourth-order valence-electron chi connectivity index (χ4n) is 1.72. The lowest BCUT2D eigenvalue weighted by atomic mass is 10.1. The topological polar surface area (TPSA) is 23.5 Å². The van der Waals surface area contributed by atoms with Gasteiger partial charge in [-0.15, -0.1) is 11.8 Å². The van der Waals surface area contributed by atoms with Crippen LogP contribution in [0.1, 0.15) is 19.4 Å². The van der Waals surface area contributed by atoms with Gasteiger partial charge in [-0.2, -0.15) is 0 Å². The number of aliphatic hydroxyl groups is 1. The van der Waals surface area contributed by atoms with Crippen molar-refractivity contribution in [2.75, 3.05) is 20.6 Å². The fourth-order valence-corrected chi connectivity index (χ4v) is 3.34. The van der Waals surface area contributed by atoms with Crippen molar-refractivity contribution in [3.05, 3.63) is 33.8 Å². The highest BCUT2D eigenvalue weighted by molar-refractivity contribution is 7.99. The van der Waals surface area contributed by atoms with Crippen LogP contribution in [0.5, 0.6) is 0 Å². The van der Waals surface area contributed by atoms with Crippen LogP contribution < -0.4 is 0 Å². The van der Waals surface area contributed by atoms with Crippen LogP contribution in [0.2, 0.25) is 10.0 Å². The van der Waals surface area contributed by atoms with E-state index in [1.165, 1.54) is 11.8 Å². The molecule has 0 aromatic heterocycles. The number of thioether (sulfide) groups is 1. The number of benzene rings is 1. The Morgan fingerprint density at radius 3 is 2.53 bits per heavy atom. The van der Waals surface area contributed by atoms with Crippen LogP contribution in [0.25, 0.3) is 0 Å².